The summed E-state index contributed by atoms with van der Waals surface area (Å²) in [6.07, 6.45) is 0.973. The lowest BCUT2D eigenvalue weighted by Gasteiger charge is -2.27. The molecule has 5 rings (SSSR count). The van der Waals surface area contributed by atoms with Crippen LogP contribution in [0.1, 0.15) is 34.0 Å². The van der Waals surface area contributed by atoms with E-state index in [0.29, 0.717) is 6.61 Å². The molecule has 0 saturated carbocycles. The van der Waals surface area contributed by atoms with Crippen molar-refractivity contribution >= 4 is 10.9 Å². The Kier molecular flexibility index (Phi) is 5.50. The van der Waals surface area contributed by atoms with Gasteiger partial charge in [-0.1, -0.05) is 30.3 Å². The zero-order valence-electron chi connectivity index (χ0n) is 18.7. The average Bonchev–Trinajstić information content (AvgIpc) is 3.21. The molecule has 0 fully saturated rings. The molecule has 0 bridgehead atoms. The predicted octanol–water partition coefficient (Wildman–Crippen LogP) is 5.31. The van der Waals surface area contributed by atoms with Crippen LogP contribution in [0, 0.1) is 6.92 Å². The van der Waals surface area contributed by atoms with E-state index in [-0.39, 0.29) is 6.04 Å². The minimum Gasteiger partial charge on any atom is -0.493 e. The summed E-state index contributed by atoms with van der Waals surface area (Å²) in [5, 5.41) is 4.92. The predicted molar refractivity (Wildman–Crippen MR) is 127 cm³/mol. The molecule has 3 aromatic carbocycles. The number of fused-ring (bicyclic) bond motifs is 3. The van der Waals surface area contributed by atoms with Gasteiger partial charge in [0.1, 0.15) is 12.4 Å². The maximum atomic E-state index is 6.09. The van der Waals surface area contributed by atoms with Crippen LogP contribution in [0.25, 0.3) is 10.9 Å². The molecule has 4 aromatic rings. The van der Waals surface area contributed by atoms with Gasteiger partial charge in [-0.2, -0.15) is 0 Å². The third kappa shape index (κ3) is 3.69. The molecule has 0 spiro atoms. The number of methoxy groups -OCH3 is 2. The van der Waals surface area contributed by atoms with E-state index in [0.717, 1.165) is 41.3 Å². The fourth-order valence-electron chi connectivity index (χ4n) is 4.61. The maximum absolute atomic E-state index is 6.09. The van der Waals surface area contributed by atoms with Gasteiger partial charge in [-0.3, -0.25) is 0 Å². The second kappa shape index (κ2) is 8.60. The van der Waals surface area contributed by atoms with Crippen molar-refractivity contribution in [2.75, 3.05) is 20.8 Å². The molecule has 0 amide bonds. The number of rotatable bonds is 6. The Hall–Kier alpha value is -3.44. The molecule has 0 saturated heterocycles. The molecule has 1 atom stereocenters. The van der Waals surface area contributed by atoms with E-state index in [1.54, 1.807) is 14.2 Å². The molecule has 5 nitrogen and oxygen atoms in total. The summed E-state index contributed by atoms with van der Waals surface area (Å²) in [6, 6.07) is 20.8. The third-order valence-electron chi connectivity index (χ3n) is 6.25. The normalized spacial score (nSPS) is 15.4. The highest BCUT2D eigenvalue weighted by Gasteiger charge is 2.27. The van der Waals surface area contributed by atoms with E-state index < -0.39 is 0 Å². The standard InChI is InChI=1S/C27H28N2O3/c1-17-13-24(30-2)25(31-3)15-21(17)26-27-20(11-12-28-26)22-14-19(9-10-23(22)29-27)32-16-18-7-5-4-6-8-18/h4-10,13-15,26,28-29H,11-12,16H2,1-3H3. The van der Waals surface area contributed by atoms with Gasteiger partial charge in [0.15, 0.2) is 11.5 Å². The van der Waals surface area contributed by atoms with Gasteiger partial charge in [-0.15, -0.1) is 0 Å². The smallest absolute Gasteiger partial charge is 0.161 e. The molecule has 1 unspecified atom stereocenters. The van der Waals surface area contributed by atoms with Crippen molar-refractivity contribution in [1.82, 2.24) is 10.3 Å². The van der Waals surface area contributed by atoms with Crippen LogP contribution < -0.4 is 19.5 Å². The van der Waals surface area contributed by atoms with Crippen molar-refractivity contribution in [3.05, 3.63) is 88.6 Å². The first kappa shape index (κ1) is 20.5. The number of aromatic amines is 1. The van der Waals surface area contributed by atoms with Crippen LogP contribution in [0.4, 0.5) is 0 Å². The number of ether oxygens (including phenoxy) is 3. The number of benzene rings is 3. The van der Waals surface area contributed by atoms with Crippen LogP contribution in [-0.2, 0) is 13.0 Å². The van der Waals surface area contributed by atoms with Crippen molar-refractivity contribution in [3.63, 3.8) is 0 Å². The van der Waals surface area contributed by atoms with Crippen molar-refractivity contribution in [3.8, 4) is 17.2 Å². The lowest BCUT2D eigenvalue weighted by atomic mass is 9.91. The second-order valence-corrected chi connectivity index (χ2v) is 8.20. The van der Waals surface area contributed by atoms with E-state index >= 15 is 0 Å². The van der Waals surface area contributed by atoms with Crippen LogP contribution in [-0.4, -0.2) is 25.7 Å². The number of aromatic nitrogens is 1. The lowest BCUT2D eigenvalue weighted by Crippen LogP contribution is -2.31. The van der Waals surface area contributed by atoms with E-state index in [2.05, 4.69) is 47.6 Å². The van der Waals surface area contributed by atoms with Crippen molar-refractivity contribution < 1.29 is 14.2 Å². The first-order valence-corrected chi connectivity index (χ1v) is 10.9. The minimum absolute atomic E-state index is 0.0691. The van der Waals surface area contributed by atoms with Gasteiger partial charge < -0.3 is 24.5 Å². The first-order valence-electron chi connectivity index (χ1n) is 10.9. The van der Waals surface area contributed by atoms with E-state index in [9.17, 15) is 0 Å². The number of hydrogen-bond acceptors (Lipinski definition) is 4. The molecule has 2 heterocycles. The van der Waals surface area contributed by atoms with Crippen LogP contribution in [0.2, 0.25) is 0 Å². The summed E-state index contributed by atoms with van der Waals surface area (Å²) < 4.78 is 17.1. The molecule has 2 N–H and O–H groups in total. The van der Waals surface area contributed by atoms with Crippen molar-refractivity contribution in [2.45, 2.75) is 26.0 Å². The summed E-state index contributed by atoms with van der Waals surface area (Å²) in [5.74, 6) is 2.39. The van der Waals surface area contributed by atoms with Gasteiger partial charge in [0.05, 0.1) is 20.3 Å². The topological polar surface area (TPSA) is 55.5 Å². The molecule has 0 radical (unpaired) electrons. The van der Waals surface area contributed by atoms with Gasteiger partial charge in [-0.05, 0) is 65.9 Å². The Morgan fingerprint density at radius 3 is 2.50 bits per heavy atom. The van der Waals surface area contributed by atoms with Crippen molar-refractivity contribution in [1.29, 1.82) is 0 Å². The largest absolute Gasteiger partial charge is 0.493 e. The third-order valence-corrected chi connectivity index (χ3v) is 6.25. The van der Waals surface area contributed by atoms with Crippen LogP contribution in [0.15, 0.2) is 60.7 Å². The highest BCUT2D eigenvalue weighted by Crippen LogP contribution is 2.39. The Morgan fingerprint density at radius 1 is 0.938 bits per heavy atom. The minimum atomic E-state index is 0.0691. The molecule has 5 heteroatoms. The number of H-pyrrole nitrogens is 1. The van der Waals surface area contributed by atoms with E-state index in [1.165, 1.54) is 27.8 Å². The molecule has 1 aromatic heterocycles. The van der Waals surface area contributed by atoms with Crippen LogP contribution in [0.5, 0.6) is 17.2 Å². The van der Waals surface area contributed by atoms with E-state index in [4.69, 9.17) is 14.2 Å². The lowest BCUT2D eigenvalue weighted by molar-refractivity contribution is 0.306. The van der Waals surface area contributed by atoms with Gasteiger partial charge in [0, 0.05) is 23.1 Å². The Labute approximate surface area is 188 Å². The Bertz CT molecular complexity index is 1250. The first-order chi connectivity index (χ1) is 15.7. The summed E-state index contributed by atoms with van der Waals surface area (Å²) >= 11 is 0. The zero-order valence-corrected chi connectivity index (χ0v) is 18.7. The fourth-order valence-corrected chi connectivity index (χ4v) is 4.61. The summed E-state index contributed by atoms with van der Waals surface area (Å²) in [7, 11) is 3.35. The SMILES string of the molecule is COc1cc(C)c(C2NCCc3c2[nH]c2ccc(OCc4ccccc4)cc32)cc1OC. The molecule has 1 aliphatic rings. The number of nitrogens with one attached hydrogen (secondary N) is 2. The number of aryl methyl sites for hydroxylation is 1. The monoisotopic (exact) mass is 428 g/mol. The highest BCUT2D eigenvalue weighted by atomic mass is 16.5. The summed E-state index contributed by atoms with van der Waals surface area (Å²) in [5.41, 5.74) is 7.21. The second-order valence-electron chi connectivity index (χ2n) is 8.20. The van der Waals surface area contributed by atoms with Crippen molar-refractivity contribution in [2.24, 2.45) is 0 Å². The van der Waals surface area contributed by atoms with Gasteiger partial charge in [0.2, 0.25) is 0 Å². The number of hydrogen-bond donors (Lipinski definition) is 2. The zero-order chi connectivity index (χ0) is 22.1. The molecule has 164 valence electrons. The average molecular weight is 429 g/mol. The Morgan fingerprint density at radius 2 is 1.72 bits per heavy atom. The molecule has 1 aliphatic heterocycles. The van der Waals surface area contributed by atoms with Gasteiger partial charge >= 0.3 is 0 Å². The molecule has 32 heavy (non-hydrogen) atoms. The fraction of sp³-hybridized carbons (Fsp3) is 0.259. The van der Waals surface area contributed by atoms with Gasteiger partial charge in [0.25, 0.3) is 0 Å². The van der Waals surface area contributed by atoms with E-state index in [1.807, 2.05) is 30.3 Å². The molecular weight excluding hydrogens is 400 g/mol. The molecular formula is C27H28N2O3. The molecule has 0 aliphatic carbocycles. The summed E-state index contributed by atoms with van der Waals surface area (Å²) in [6.45, 7) is 3.59. The summed E-state index contributed by atoms with van der Waals surface area (Å²) in [4.78, 5) is 3.67. The Balaban J connectivity index is 1.50. The maximum Gasteiger partial charge on any atom is 0.161 e. The van der Waals surface area contributed by atoms with Gasteiger partial charge in [-0.25, -0.2) is 0 Å². The van der Waals surface area contributed by atoms with Crippen LogP contribution >= 0.6 is 0 Å². The van der Waals surface area contributed by atoms with Crippen LogP contribution in [0.3, 0.4) is 0 Å². The quantitative estimate of drug-likeness (QED) is 0.437. The highest BCUT2D eigenvalue weighted by molar-refractivity contribution is 5.86.